The largest absolute Gasteiger partial charge is 0.346 e. The molecule has 1 saturated carbocycles. The lowest BCUT2D eigenvalue weighted by Gasteiger charge is -1.99. The molecule has 0 aliphatic heterocycles. The topological polar surface area (TPSA) is 55.9 Å². The van der Waals surface area contributed by atoms with Crippen molar-refractivity contribution in [1.82, 2.24) is 20.0 Å². The molecule has 0 saturated heterocycles. The Balaban J connectivity index is 1.58. The van der Waals surface area contributed by atoms with Crippen LogP contribution in [0.15, 0.2) is 23.0 Å². The van der Waals surface area contributed by atoms with E-state index >= 15 is 0 Å². The Labute approximate surface area is 113 Å². The zero-order valence-corrected chi connectivity index (χ0v) is 11.5. The number of hydrogen-bond acceptors (Lipinski definition) is 4. The lowest BCUT2D eigenvalue weighted by molar-refractivity contribution is 0.360. The molecule has 0 aromatic carbocycles. The normalized spacial score (nSPS) is 15.3. The maximum Gasteiger partial charge on any atom is 0.229 e. The van der Waals surface area contributed by atoms with E-state index in [1.807, 2.05) is 0 Å². The third-order valence-corrected chi connectivity index (χ3v) is 3.29. The molecule has 1 fully saturated rings. The van der Waals surface area contributed by atoms with Crippen LogP contribution in [0.2, 0.25) is 0 Å². The van der Waals surface area contributed by atoms with Crippen molar-refractivity contribution in [3.63, 3.8) is 0 Å². The second-order valence-corrected chi connectivity index (χ2v) is 5.55. The molecule has 3 rings (SSSR count). The van der Waals surface area contributed by atoms with Crippen LogP contribution in [-0.2, 0) is 13.1 Å². The second kappa shape index (κ2) is 5.17. The van der Waals surface area contributed by atoms with Gasteiger partial charge in [0.05, 0.1) is 6.54 Å². The third kappa shape index (κ3) is 3.23. The maximum absolute atomic E-state index is 5.21. The van der Waals surface area contributed by atoms with Crippen LogP contribution in [0, 0.1) is 0 Å². The fourth-order valence-corrected chi connectivity index (χ4v) is 1.97. The van der Waals surface area contributed by atoms with Gasteiger partial charge in [0.25, 0.3) is 0 Å². The Morgan fingerprint density at radius 1 is 1.47 bits per heavy atom. The van der Waals surface area contributed by atoms with E-state index in [-0.39, 0.29) is 5.92 Å². The highest BCUT2D eigenvalue weighted by atomic mass is 16.5. The number of rotatable bonds is 6. The van der Waals surface area contributed by atoms with Gasteiger partial charge in [-0.25, -0.2) is 0 Å². The fourth-order valence-electron chi connectivity index (χ4n) is 1.97. The molecule has 19 heavy (non-hydrogen) atoms. The van der Waals surface area contributed by atoms with Gasteiger partial charge in [0.1, 0.15) is 0 Å². The predicted octanol–water partition coefficient (Wildman–Crippen LogP) is 2.29. The molecule has 1 aliphatic rings. The van der Waals surface area contributed by atoms with Crippen LogP contribution in [0.1, 0.15) is 49.9 Å². The van der Waals surface area contributed by atoms with Crippen molar-refractivity contribution in [2.75, 3.05) is 0 Å². The van der Waals surface area contributed by atoms with E-state index in [4.69, 9.17) is 4.52 Å². The maximum atomic E-state index is 5.21. The Kier molecular flexibility index (Phi) is 3.38. The summed E-state index contributed by atoms with van der Waals surface area (Å²) >= 11 is 0. The average Bonchev–Trinajstić information content (AvgIpc) is 2.91. The standard InChI is InChI=1S/C14H20N4O/c1-10(2)14-16-13(17-19-14)9-18-6-5-11(8-18)7-15-12-3-4-12/h5-6,8,10,12,15H,3-4,7,9H2,1-2H3. The minimum atomic E-state index is 0.282. The van der Waals surface area contributed by atoms with Gasteiger partial charge in [-0.15, -0.1) is 0 Å². The summed E-state index contributed by atoms with van der Waals surface area (Å²) in [6.45, 7) is 5.71. The molecule has 1 N–H and O–H groups in total. The van der Waals surface area contributed by atoms with E-state index in [2.05, 4.69) is 52.3 Å². The van der Waals surface area contributed by atoms with Gasteiger partial charge in [0, 0.05) is 30.9 Å². The first-order valence-corrected chi connectivity index (χ1v) is 6.91. The van der Waals surface area contributed by atoms with Crippen LogP contribution < -0.4 is 5.32 Å². The Bertz CT molecular complexity index is 539. The molecule has 102 valence electrons. The number of nitrogens with one attached hydrogen (secondary N) is 1. The fraction of sp³-hybridized carbons (Fsp3) is 0.571. The Morgan fingerprint density at radius 3 is 3.00 bits per heavy atom. The molecular weight excluding hydrogens is 240 g/mol. The van der Waals surface area contributed by atoms with Gasteiger partial charge in [0.2, 0.25) is 5.89 Å². The van der Waals surface area contributed by atoms with E-state index in [1.54, 1.807) is 0 Å². The van der Waals surface area contributed by atoms with Crippen LogP contribution in [0.25, 0.3) is 0 Å². The van der Waals surface area contributed by atoms with E-state index < -0.39 is 0 Å². The molecule has 0 bridgehead atoms. The van der Waals surface area contributed by atoms with Gasteiger partial charge in [-0.05, 0) is 24.5 Å². The van der Waals surface area contributed by atoms with Gasteiger partial charge in [-0.2, -0.15) is 4.98 Å². The summed E-state index contributed by atoms with van der Waals surface area (Å²) in [5.41, 5.74) is 1.31. The molecule has 0 radical (unpaired) electrons. The smallest absolute Gasteiger partial charge is 0.229 e. The van der Waals surface area contributed by atoms with Crippen LogP contribution in [0.5, 0.6) is 0 Å². The summed E-state index contributed by atoms with van der Waals surface area (Å²) in [5, 5.41) is 7.51. The van der Waals surface area contributed by atoms with Gasteiger partial charge >= 0.3 is 0 Å². The molecule has 0 amide bonds. The third-order valence-electron chi connectivity index (χ3n) is 3.29. The van der Waals surface area contributed by atoms with Gasteiger partial charge in [-0.1, -0.05) is 19.0 Å². The van der Waals surface area contributed by atoms with Crippen LogP contribution in [0.3, 0.4) is 0 Å². The summed E-state index contributed by atoms with van der Waals surface area (Å²) in [6, 6.07) is 2.88. The van der Waals surface area contributed by atoms with Crippen LogP contribution in [0.4, 0.5) is 0 Å². The van der Waals surface area contributed by atoms with Crippen molar-refractivity contribution in [3.05, 3.63) is 35.7 Å². The van der Waals surface area contributed by atoms with Crippen molar-refractivity contribution in [2.45, 2.75) is 51.7 Å². The molecule has 0 unspecified atom stereocenters. The summed E-state index contributed by atoms with van der Waals surface area (Å²) in [7, 11) is 0. The first-order chi connectivity index (χ1) is 9.20. The minimum Gasteiger partial charge on any atom is -0.346 e. The Morgan fingerprint density at radius 2 is 2.32 bits per heavy atom. The molecule has 2 aromatic heterocycles. The van der Waals surface area contributed by atoms with Gasteiger partial charge in [0.15, 0.2) is 5.82 Å². The molecule has 2 aromatic rings. The predicted molar refractivity (Wildman–Crippen MR) is 71.8 cm³/mol. The molecule has 5 heteroatoms. The molecule has 5 nitrogen and oxygen atoms in total. The monoisotopic (exact) mass is 260 g/mol. The molecule has 0 atom stereocenters. The summed E-state index contributed by atoms with van der Waals surface area (Å²) in [5.74, 6) is 1.72. The number of hydrogen-bond donors (Lipinski definition) is 1. The zero-order valence-electron chi connectivity index (χ0n) is 11.5. The van der Waals surface area contributed by atoms with Crippen molar-refractivity contribution in [2.24, 2.45) is 0 Å². The lowest BCUT2D eigenvalue weighted by atomic mass is 10.2. The highest BCUT2D eigenvalue weighted by Crippen LogP contribution is 2.19. The van der Waals surface area contributed by atoms with E-state index in [0.29, 0.717) is 12.4 Å². The Hall–Kier alpha value is -1.62. The van der Waals surface area contributed by atoms with Crippen molar-refractivity contribution < 1.29 is 4.52 Å². The minimum absolute atomic E-state index is 0.282. The highest BCUT2D eigenvalue weighted by molar-refractivity contribution is 5.11. The van der Waals surface area contributed by atoms with Crippen molar-refractivity contribution in [1.29, 1.82) is 0 Å². The number of aromatic nitrogens is 3. The average molecular weight is 260 g/mol. The van der Waals surface area contributed by atoms with Crippen LogP contribution >= 0.6 is 0 Å². The molecule has 1 aliphatic carbocycles. The van der Waals surface area contributed by atoms with Gasteiger partial charge < -0.3 is 14.4 Å². The summed E-state index contributed by atoms with van der Waals surface area (Å²) in [4.78, 5) is 4.38. The zero-order chi connectivity index (χ0) is 13.2. The molecule has 2 heterocycles. The summed E-state index contributed by atoms with van der Waals surface area (Å²) < 4.78 is 7.30. The van der Waals surface area contributed by atoms with Crippen molar-refractivity contribution in [3.8, 4) is 0 Å². The number of nitrogens with zero attached hydrogens (tertiary/aromatic N) is 3. The SMILES string of the molecule is CC(C)c1nc(Cn2ccc(CNC3CC3)c2)no1. The first kappa shape index (κ1) is 12.4. The lowest BCUT2D eigenvalue weighted by Crippen LogP contribution is -2.14. The second-order valence-electron chi connectivity index (χ2n) is 5.55. The van der Waals surface area contributed by atoms with E-state index in [0.717, 1.165) is 18.4 Å². The van der Waals surface area contributed by atoms with Gasteiger partial charge in [-0.3, -0.25) is 0 Å². The van der Waals surface area contributed by atoms with E-state index in [1.165, 1.54) is 18.4 Å². The highest BCUT2D eigenvalue weighted by Gasteiger charge is 2.20. The van der Waals surface area contributed by atoms with E-state index in [9.17, 15) is 0 Å². The van der Waals surface area contributed by atoms with Crippen molar-refractivity contribution >= 4 is 0 Å². The molecular formula is C14H20N4O. The summed E-state index contributed by atoms with van der Waals surface area (Å²) in [6.07, 6.45) is 6.85. The van der Waals surface area contributed by atoms with Crippen LogP contribution in [-0.4, -0.2) is 20.7 Å². The quantitative estimate of drug-likeness (QED) is 0.866. The molecule has 0 spiro atoms. The first-order valence-electron chi connectivity index (χ1n) is 6.91.